The third-order valence-electron chi connectivity index (χ3n) is 2.88. The van der Waals surface area contributed by atoms with E-state index in [1.54, 1.807) is 19.1 Å². The number of carbonyl (C=O) groups is 1. The van der Waals surface area contributed by atoms with Gasteiger partial charge < -0.3 is 16.2 Å². The third kappa shape index (κ3) is 3.03. The van der Waals surface area contributed by atoms with Gasteiger partial charge in [-0.15, -0.1) is 0 Å². The van der Waals surface area contributed by atoms with Gasteiger partial charge in [0.25, 0.3) is 5.91 Å². The molecular formula is C15H15ClN2O2. The van der Waals surface area contributed by atoms with E-state index in [0.29, 0.717) is 27.5 Å². The lowest BCUT2D eigenvalue weighted by Crippen LogP contribution is -2.12. The summed E-state index contributed by atoms with van der Waals surface area (Å²) in [5.41, 5.74) is 8.42. The molecule has 0 aliphatic heterocycles. The first-order valence-corrected chi connectivity index (χ1v) is 6.42. The zero-order valence-electron chi connectivity index (χ0n) is 11.2. The topological polar surface area (TPSA) is 75.3 Å². The maximum Gasteiger partial charge on any atom is 0.255 e. The molecule has 0 aliphatic carbocycles. The molecule has 0 aliphatic rings. The van der Waals surface area contributed by atoms with E-state index in [1.807, 2.05) is 13.0 Å². The summed E-state index contributed by atoms with van der Waals surface area (Å²) in [6.07, 6.45) is 0. The van der Waals surface area contributed by atoms with Crippen molar-refractivity contribution >= 4 is 28.9 Å². The monoisotopic (exact) mass is 290 g/mol. The number of carbonyl (C=O) groups excluding carboxylic acids is 1. The highest BCUT2D eigenvalue weighted by Crippen LogP contribution is 2.29. The van der Waals surface area contributed by atoms with Gasteiger partial charge in [-0.05, 0) is 49.2 Å². The molecule has 0 bridgehead atoms. The summed E-state index contributed by atoms with van der Waals surface area (Å²) in [5, 5.41) is 13.0. The molecule has 0 radical (unpaired) electrons. The second-order valence-corrected chi connectivity index (χ2v) is 5.14. The fraction of sp³-hybridized carbons (Fsp3) is 0.133. The van der Waals surface area contributed by atoms with Crippen molar-refractivity contribution in [2.24, 2.45) is 0 Å². The highest BCUT2D eigenvalue weighted by Gasteiger charge is 2.12. The molecule has 5 heteroatoms. The van der Waals surface area contributed by atoms with Gasteiger partial charge in [-0.25, -0.2) is 0 Å². The van der Waals surface area contributed by atoms with Crippen LogP contribution in [0, 0.1) is 13.8 Å². The quantitative estimate of drug-likeness (QED) is 0.585. The van der Waals surface area contributed by atoms with Crippen molar-refractivity contribution in [3.8, 4) is 5.75 Å². The normalized spacial score (nSPS) is 10.3. The van der Waals surface area contributed by atoms with Crippen molar-refractivity contribution in [3.63, 3.8) is 0 Å². The van der Waals surface area contributed by atoms with Crippen LogP contribution in [0.2, 0.25) is 5.02 Å². The zero-order valence-corrected chi connectivity index (χ0v) is 12.0. The maximum atomic E-state index is 12.2. The van der Waals surface area contributed by atoms with Crippen LogP contribution in [0.1, 0.15) is 21.5 Å². The molecule has 0 heterocycles. The van der Waals surface area contributed by atoms with E-state index in [1.165, 1.54) is 12.1 Å². The largest absolute Gasteiger partial charge is 0.505 e. The van der Waals surface area contributed by atoms with Crippen LogP contribution >= 0.6 is 11.6 Å². The first-order valence-electron chi connectivity index (χ1n) is 6.04. The second-order valence-electron chi connectivity index (χ2n) is 4.71. The second kappa shape index (κ2) is 5.43. The number of rotatable bonds is 2. The molecule has 4 nitrogen and oxygen atoms in total. The van der Waals surface area contributed by atoms with Crippen molar-refractivity contribution in [1.29, 1.82) is 0 Å². The smallest absolute Gasteiger partial charge is 0.255 e. The molecular weight excluding hydrogens is 276 g/mol. The van der Waals surface area contributed by atoms with Crippen LogP contribution < -0.4 is 11.1 Å². The lowest BCUT2D eigenvalue weighted by molar-refractivity contribution is 0.102. The van der Waals surface area contributed by atoms with Gasteiger partial charge in [0.1, 0.15) is 5.75 Å². The van der Waals surface area contributed by atoms with Crippen LogP contribution in [0.4, 0.5) is 11.4 Å². The lowest BCUT2D eigenvalue weighted by Gasteiger charge is -2.11. The minimum Gasteiger partial charge on any atom is -0.505 e. The number of hydrogen-bond acceptors (Lipinski definition) is 3. The van der Waals surface area contributed by atoms with Crippen molar-refractivity contribution in [2.45, 2.75) is 13.8 Å². The molecule has 2 aromatic rings. The van der Waals surface area contributed by atoms with Gasteiger partial charge in [-0.3, -0.25) is 4.79 Å². The Morgan fingerprint density at radius 2 is 1.90 bits per heavy atom. The number of hydrogen-bond donors (Lipinski definition) is 3. The first kappa shape index (κ1) is 14.2. The molecule has 2 aromatic carbocycles. The van der Waals surface area contributed by atoms with Gasteiger partial charge in [0.05, 0.1) is 5.69 Å². The van der Waals surface area contributed by atoms with Crippen molar-refractivity contribution in [3.05, 3.63) is 52.0 Å². The molecule has 2 rings (SSSR count). The number of benzene rings is 2. The van der Waals surface area contributed by atoms with Crippen molar-refractivity contribution < 1.29 is 9.90 Å². The molecule has 4 N–H and O–H groups in total. The summed E-state index contributed by atoms with van der Waals surface area (Å²) in [6.45, 7) is 3.66. The van der Waals surface area contributed by atoms with E-state index in [4.69, 9.17) is 17.3 Å². The molecule has 1 amide bonds. The maximum absolute atomic E-state index is 12.2. The fourth-order valence-corrected chi connectivity index (χ4v) is 2.24. The Morgan fingerprint density at radius 3 is 2.55 bits per heavy atom. The number of amides is 1. The van der Waals surface area contributed by atoms with E-state index in [-0.39, 0.29) is 11.7 Å². The predicted molar refractivity (Wildman–Crippen MR) is 81.4 cm³/mol. The van der Waals surface area contributed by atoms with E-state index in [0.717, 1.165) is 5.56 Å². The Hall–Kier alpha value is -2.20. The van der Waals surface area contributed by atoms with Crippen LogP contribution in [-0.2, 0) is 0 Å². The Bertz CT molecular complexity index is 664. The summed E-state index contributed by atoms with van der Waals surface area (Å²) < 4.78 is 0. The number of nitrogens with one attached hydrogen (secondary N) is 1. The van der Waals surface area contributed by atoms with Crippen LogP contribution in [0.5, 0.6) is 5.75 Å². The molecule has 0 aromatic heterocycles. The molecule has 0 fully saturated rings. The van der Waals surface area contributed by atoms with Crippen molar-refractivity contribution in [2.75, 3.05) is 11.1 Å². The molecule has 104 valence electrons. The molecule has 0 atom stereocenters. The predicted octanol–water partition coefficient (Wildman–Crippen LogP) is 3.50. The van der Waals surface area contributed by atoms with Gasteiger partial charge in [0, 0.05) is 16.3 Å². The number of anilines is 2. The molecule has 0 saturated carbocycles. The standard InChI is InChI=1S/C15H15ClN2O2/c1-8-3-9(2)14(19)13(4-8)18-15(20)10-5-11(16)7-12(17)6-10/h3-7,19H,17H2,1-2H3,(H,18,20). The summed E-state index contributed by atoms with van der Waals surface area (Å²) >= 11 is 5.87. The Morgan fingerprint density at radius 1 is 1.20 bits per heavy atom. The number of phenolic OH excluding ortho intramolecular Hbond substituents is 1. The summed E-state index contributed by atoms with van der Waals surface area (Å²) in [4.78, 5) is 12.2. The molecule has 0 unspecified atom stereocenters. The van der Waals surface area contributed by atoms with E-state index in [2.05, 4.69) is 5.32 Å². The van der Waals surface area contributed by atoms with Gasteiger partial charge in [-0.1, -0.05) is 17.7 Å². The van der Waals surface area contributed by atoms with Crippen molar-refractivity contribution in [1.82, 2.24) is 0 Å². The van der Waals surface area contributed by atoms with Gasteiger partial charge in [0.15, 0.2) is 0 Å². The summed E-state index contributed by atoms with van der Waals surface area (Å²) in [5.74, 6) is -0.321. The zero-order chi connectivity index (χ0) is 14.9. The van der Waals surface area contributed by atoms with Crippen LogP contribution in [0.3, 0.4) is 0 Å². The number of aromatic hydroxyl groups is 1. The fourth-order valence-electron chi connectivity index (χ4n) is 1.99. The highest BCUT2D eigenvalue weighted by atomic mass is 35.5. The summed E-state index contributed by atoms with van der Waals surface area (Å²) in [6, 6.07) is 8.15. The minimum absolute atomic E-state index is 0.0546. The van der Waals surface area contributed by atoms with Gasteiger partial charge in [-0.2, -0.15) is 0 Å². The lowest BCUT2D eigenvalue weighted by atomic mass is 10.1. The number of halogens is 1. The summed E-state index contributed by atoms with van der Waals surface area (Å²) in [7, 11) is 0. The molecule has 20 heavy (non-hydrogen) atoms. The first-order chi connectivity index (χ1) is 9.36. The van der Waals surface area contributed by atoms with E-state index in [9.17, 15) is 9.90 Å². The van der Waals surface area contributed by atoms with E-state index < -0.39 is 0 Å². The Balaban J connectivity index is 2.32. The van der Waals surface area contributed by atoms with E-state index >= 15 is 0 Å². The Kier molecular flexibility index (Phi) is 3.86. The third-order valence-corrected chi connectivity index (χ3v) is 3.09. The van der Waals surface area contributed by atoms with Crippen LogP contribution in [-0.4, -0.2) is 11.0 Å². The molecule has 0 spiro atoms. The number of phenols is 1. The number of aryl methyl sites for hydroxylation is 2. The average molecular weight is 291 g/mol. The van der Waals surface area contributed by atoms with Crippen LogP contribution in [0.25, 0.3) is 0 Å². The average Bonchev–Trinajstić information content (AvgIpc) is 2.34. The molecule has 0 saturated heterocycles. The SMILES string of the molecule is Cc1cc(C)c(O)c(NC(=O)c2cc(N)cc(Cl)c2)c1. The van der Waals surface area contributed by atoms with Crippen LogP contribution in [0.15, 0.2) is 30.3 Å². The number of nitrogen functional groups attached to an aromatic ring is 1. The van der Waals surface area contributed by atoms with Gasteiger partial charge in [0.2, 0.25) is 0 Å². The number of nitrogens with two attached hydrogens (primary N) is 1. The highest BCUT2D eigenvalue weighted by molar-refractivity contribution is 6.31. The van der Waals surface area contributed by atoms with Gasteiger partial charge >= 0.3 is 0 Å². The minimum atomic E-state index is -0.375. The Labute approximate surface area is 122 Å².